The molecule has 0 aliphatic carbocycles. The third kappa shape index (κ3) is 7.61. The maximum Gasteiger partial charge on any atom is 0.490 e. The van der Waals surface area contributed by atoms with Crippen molar-refractivity contribution in [2.45, 2.75) is 32.2 Å². The van der Waals surface area contributed by atoms with E-state index in [4.69, 9.17) is 26.2 Å². The average Bonchev–Trinajstić information content (AvgIpc) is 3.35. The number of aryl methyl sites for hydroxylation is 2. The zero-order valence-electron chi connectivity index (χ0n) is 21.5. The van der Waals surface area contributed by atoms with E-state index in [0.717, 1.165) is 16.4 Å². The van der Waals surface area contributed by atoms with Crippen molar-refractivity contribution in [3.05, 3.63) is 57.3 Å². The molecular formula is C23H21ClF6N4O7S. The van der Waals surface area contributed by atoms with Gasteiger partial charge in [-0.2, -0.15) is 34.7 Å². The smallest absolute Gasteiger partial charge is 0.475 e. The Morgan fingerprint density at radius 2 is 1.88 bits per heavy atom. The molecule has 42 heavy (non-hydrogen) atoms. The fourth-order valence-electron chi connectivity index (χ4n) is 3.73. The molecule has 1 fully saturated rings. The summed E-state index contributed by atoms with van der Waals surface area (Å²) in [6.07, 6.45) is -4.57. The first kappa shape index (κ1) is 32.9. The van der Waals surface area contributed by atoms with Crippen molar-refractivity contribution >= 4 is 44.4 Å². The molecule has 11 nitrogen and oxygen atoms in total. The topological polar surface area (TPSA) is 140 Å². The molecular weight excluding hydrogens is 626 g/mol. The number of fused-ring (bicyclic) bond motifs is 1. The predicted octanol–water partition coefficient (Wildman–Crippen LogP) is 4.43. The largest absolute Gasteiger partial charge is 0.490 e. The number of carboxylic acid groups (broad SMARTS) is 1. The number of carboxylic acids is 1. The monoisotopic (exact) mass is 646 g/mol. The Bertz CT molecular complexity index is 1650. The molecule has 0 spiro atoms. The minimum absolute atomic E-state index is 0.0475. The number of ether oxygens (including phenoxy) is 2. The molecule has 0 saturated carbocycles. The van der Waals surface area contributed by atoms with Crippen molar-refractivity contribution in [1.82, 2.24) is 13.9 Å². The second kappa shape index (κ2) is 12.7. The van der Waals surface area contributed by atoms with Crippen LogP contribution in [0.4, 0.5) is 32.0 Å². The average molecular weight is 647 g/mol. The lowest BCUT2D eigenvalue weighted by Crippen LogP contribution is -2.35. The summed E-state index contributed by atoms with van der Waals surface area (Å²) in [5.74, 6) is -3.97. The van der Waals surface area contributed by atoms with Crippen LogP contribution in [0.3, 0.4) is 0 Å². The summed E-state index contributed by atoms with van der Waals surface area (Å²) < 4.78 is 111. The SMILES string of the molecule is Cc1c(Oc2c(F)ccc(NS(=O)(=O)N3CC[C@@H](OC(F)F)C3)c2Cl)ccc2ncn(C)c(=O)c12.O=C(O)C(F)(F)F. The summed E-state index contributed by atoms with van der Waals surface area (Å²) in [6.45, 7) is -1.74. The van der Waals surface area contributed by atoms with E-state index in [1.807, 2.05) is 0 Å². The Morgan fingerprint density at radius 3 is 2.48 bits per heavy atom. The highest BCUT2D eigenvalue weighted by atomic mass is 35.5. The van der Waals surface area contributed by atoms with E-state index in [9.17, 15) is 39.6 Å². The fraction of sp³-hybridized carbons (Fsp3) is 0.348. The minimum Gasteiger partial charge on any atom is -0.475 e. The van der Waals surface area contributed by atoms with Gasteiger partial charge in [0, 0.05) is 25.7 Å². The van der Waals surface area contributed by atoms with Crippen LogP contribution in [0, 0.1) is 12.7 Å². The van der Waals surface area contributed by atoms with Gasteiger partial charge in [-0.15, -0.1) is 0 Å². The van der Waals surface area contributed by atoms with Crippen molar-refractivity contribution < 1.29 is 54.1 Å². The highest BCUT2D eigenvalue weighted by Crippen LogP contribution is 2.40. The first-order chi connectivity index (χ1) is 19.4. The summed E-state index contributed by atoms with van der Waals surface area (Å²) in [5, 5.41) is 7.03. The van der Waals surface area contributed by atoms with Gasteiger partial charge in [-0.25, -0.2) is 14.2 Å². The Balaban J connectivity index is 0.000000616. The van der Waals surface area contributed by atoms with Crippen LogP contribution in [0.15, 0.2) is 35.4 Å². The number of anilines is 1. The minimum atomic E-state index is -5.08. The predicted molar refractivity (Wildman–Crippen MR) is 137 cm³/mol. The molecule has 0 bridgehead atoms. The van der Waals surface area contributed by atoms with E-state index in [1.54, 1.807) is 6.92 Å². The molecule has 2 heterocycles. The normalized spacial score (nSPS) is 15.9. The van der Waals surface area contributed by atoms with Gasteiger partial charge < -0.3 is 19.1 Å². The van der Waals surface area contributed by atoms with Crippen LogP contribution < -0.4 is 15.0 Å². The van der Waals surface area contributed by atoms with Crippen LogP contribution in [-0.2, 0) is 26.8 Å². The number of hydrogen-bond donors (Lipinski definition) is 2. The summed E-state index contributed by atoms with van der Waals surface area (Å²) in [4.78, 5) is 25.6. The van der Waals surface area contributed by atoms with Crippen LogP contribution in [0.25, 0.3) is 10.9 Å². The number of rotatable bonds is 7. The standard InChI is InChI=1S/C21H20ClF3N4O5S.C2HF3O2/c1-11-16(6-5-14-17(11)20(30)28(2)10-26-14)34-19-13(23)3-4-15(18(19)22)27-35(31,32)29-8-7-12(9-29)33-21(24)25;3-2(4,5)1(6)7/h3-6,10,12,21,27H,7-9H2,1-2H3;(H,6,7)/t12-;/m1./s1. The molecule has 2 aromatic carbocycles. The number of aromatic nitrogens is 2. The van der Waals surface area contributed by atoms with Gasteiger partial charge in [0.05, 0.1) is 29.0 Å². The Kier molecular flexibility index (Phi) is 9.96. The summed E-state index contributed by atoms with van der Waals surface area (Å²) in [5.41, 5.74) is 0.300. The first-order valence-corrected chi connectivity index (χ1v) is 13.4. The van der Waals surface area contributed by atoms with Gasteiger partial charge >= 0.3 is 29.0 Å². The lowest BCUT2D eigenvalue weighted by molar-refractivity contribution is -0.192. The molecule has 3 aromatic rings. The van der Waals surface area contributed by atoms with Crippen molar-refractivity contribution in [2.75, 3.05) is 17.8 Å². The molecule has 0 radical (unpaired) electrons. The molecule has 4 rings (SSSR count). The van der Waals surface area contributed by atoms with Gasteiger partial charge in [0.15, 0.2) is 11.6 Å². The van der Waals surface area contributed by atoms with Crippen LogP contribution in [0.5, 0.6) is 11.5 Å². The molecule has 1 aromatic heterocycles. The van der Waals surface area contributed by atoms with Gasteiger partial charge in [-0.05, 0) is 37.6 Å². The molecule has 0 unspecified atom stereocenters. The van der Waals surface area contributed by atoms with Crippen molar-refractivity contribution in [1.29, 1.82) is 0 Å². The highest BCUT2D eigenvalue weighted by Gasteiger charge is 2.38. The van der Waals surface area contributed by atoms with Crippen LogP contribution in [-0.4, -0.2) is 65.3 Å². The van der Waals surface area contributed by atoms with Crippen LogP contribution >= 0.6 is 11.6 Å². The number of benzene rings is 2. The summed E-state index contributed by atoms with van der Waals surface area (Å²) >= 11 is 6.29. The number of halogens is 7. The van der Waals surface area contributed by atoms with Gasteiger partial charge in [-0.1, -0.05) is 11.6 Å². The zero-order valence-corrected chi connectivity index (χ0v) is 23.0. The van der Waals surface area contributed by atoms with Gasteiger partial charge in [0.1, 0.15) is 10.8 Å². The van der Waals surface area contributed by atoms with Crippen molar-refractivity contribution in [3.63, 3.8) is 0 Å². The Hall–Kier alpha value is -3.61. The molecule has 0 amide bonds. The third-order valence-electron chi connectivity index (χ3n) is 5.78. The molecule has 1 aliphatic heterocycles. The summed E-state index contributed by atoms with van der Waals surface area (Å²) in [6, 6.07) is 5.09. The lowest BCUT2D eigenvalue weighted by Gasteiger charge is -2.19. The van der Waals surface area contributed by atoms with Gasteiger partial charge in [-0.3, -0.25) is 9.52 Å². The van der Waals surface area contributed by atoms with E-state index < -0.39 is 46.6 Å². The van der Waals surface area contributed by atoms with E-state index in [-0.39, 0.29) is 46.9 Å². The zero-order chi connectivity index (χ0) is 31.6. The van der Waals surface area contributed by atoms with Gasteiger partial charge in [0.2, 0.25) is 0 Å². The Labute approximate surface area is 238 Å². The molecule has 1 aliphatic rings. The highest BCUT2D eigenvalue weighted by molar-refractivity contribution is 7.90. The quantitative estimate of drug-likeness (QED) is 0.360. The number of hydrogen-bond acceptors (Lipinski definition) is 7. The van der Waals surface area contributed by atoms with E-state index in [1.165, 1.54) is 30.1 Å². The number of nitrogens with one attached hydrogen (secondary N) is 1. The number of aliphatic carboxylic acids is 1. The van der Waals surface area contributed by atoms with Crippen LogP contribution in [0.1, 0.15) is 12.0 Å². The third-order valence-corrected chi connectivity index (χ3v) is 7.65. The number of nitrogens with zero attached hydrogens (tertiary/aromatic N) is 3. The molecule has 19 heteroatoms. The number of alkyl halides is 5. The maximum atomic E-state index is 14.6. The molecule has 1 saturated heterocycles. The van der Waals surface area contributed by atoms with E-state index in [0.29, 0.717) is 11.1 Å². The number of carbonyl (C=O) groups is 1. The molecule has 230 valence electrons. The fourth-order valence-corrected chi connectivity index (χ4v) is 5.32. The molecule has 1 atom stereocenters. The van der Waals surface area contributed by atoms with E-state index >= 15 is 0 Å². The second-order valence-corrected chi connectivity index (χ2v) is 10.7. The molecule has 2 N–H and O–H groups in total. The van der Waals surface area contributed by atoms with Gasteiger partial charge in [0.25, 0.3) is 5.56 Å². The lowest BCUT2D eigenvalue weighted by atomic mass is 10.1. The van der Waals surface area contributed by atoms with Crippen LogP contribution in [0.2, 0.25) is 5.02 Å². The first-order valence-electron chi connectivity index (χ1n) is 11.5. The van der Waals surface area contributed by atoms with E-state index in [2.05, 4.69) is 14.4 Å². The summed E-state index contributed by atoms with van der Waals surface area (Å²) in [7, 11) is -2.67. The maximum absolute atomic E-state index is 14.6. The van der Waals surface area contributed by atoms with Crippen molar-refractivity contribution in [3.8, 4) is 11.5 Å². The van der Waals surface area contributed by atoms with Crippen molar-refractivity contribution in [2.24, 2.45) is 7.05 Å². The Morgan fingerprint density at radius 1 is 1.24 bits per heavy atom. The second-order valence-electron chi connectivity index (χ2n) is 8.66.